The highest BCUT2D eigenvalue weighted by Gasteiger charge is 2.06. The molecule has 80 valence electrons. The molecule has 0 spiro atoms. The maximum Gasteiger partial charge on any atom is 0.136 e. The summed E-state index contributed by atoms with van der Waals surface area (Å²) in [5.74, 6) is 0. The molecule has 3 aromatic heterocycles. The van der Waals surface area contributed by atoms with Crippen LogP contribution in [0.25, 0.3) is 16.9 Å². The molecule has 0 amide bonds. The largest absolute Gasteiger partial charge is 0.306 e. The Kier molecular flexibility index (Phi) is 1.97. The molecule has 0 atom stereocenters. The van der Waals surface area contributed by atoms with Crippen LogP contribution in [-0.4, -0.2) is 19.2 Å². The maximum atomic E-state index is 5.96. The van der Waals surface area contributed by atoms with Gasteiger partial charge in [0, 0.05) is 37.3 Å². The lowest BCUT2D eigenvalue weighted by Crippen LogP contribution is -1.90. The van der Waals surface area contributed by atoms with E-state index in [0.717, 1.165) is 16.9 Å². The Morgan fingerprint density at radius 2 is 2.19 bits per heavy atom. The summed E-state index contributed by atoms with van der Waals surface area (Å²) >= 11 is 5.96. The topological polar surface area (TPSA) is 35.1 Å². The van der Waals surface area contributed by atoms with Gasteiger partial charge in [-0.1, -0.05) is 11.6 Å². The Morgan fingerprint density at radius 1 is 1.31 bits per heavy atom. The first-order valence-corrected chi connectivity index (χ1v) is 5.24. The molecule has 0 aliphatic heterocycles. The number of pyridine rings is 1. The fourth-order valence-electron chi connectivity index (χ4n) is 1.66. The molecule has 0 aliphatic rings. The van der Waals surface area contributed by atoms with Gasteiger partial charge in [-0.25, -0.2) is 4.98 Å². The highest BCUT2D eigenvalue weighted by molar-refractivity contribution is 6.29. The molecule has 3 rings (SSSR count). The van der Waals surface area contributed by atoms with Crippen molar-refractivity contribution in [2.45, 2.75) is 0 Å². The van der Waals surface area contributed by atoms with Gasteiger partial charge in [-0.05, 0) is 12.1 Å². The first-order chi connectivity index (χ1) is 7.74. The molecule has 0 radical (unpaired) electrons. The number of hydrogen-bond acceptors (Lipinski definition) is 2. The van der Waals surface area contributed by atoms with Crippen LogP contribution in [0.15, 0.2) is 36.8 Å². The number of hydrogen-bond donors (Lipinski definition) is 0. The van der Waals surface area contributed by atoms with Gasteiger partial charge < -0.3 is 4.40 Å². The van der Waals surface area contributed by atoms with Crippen LogP contribution in [0, 0.1) is 0 Å². The first-order valence-electron chi connectivity index (χ1n) is 4.87. The van der Waals surface area contributed by atoms with E-state index in [0.29, 0.717) is 5.15 Å². The zero-order valence-electron chi connectivity index (χ0n) is 8.63. The molecular formula is C11H9ClN4. The Bertz CT molecular complexity index is 633. The minimum Gasteiger partial charge on any atom is -0.306 e. The van der Waals surface area contributed by atoms with Crippen molar-refractivity contribution >= 4 is 17.2 Å². The number of halogens is 1. The molecule has 3 heterocycles. The minimum atomic E-state index is 0.626. The Labute approximate surface area is 97.1 Å². The molecule has 0 fully saturated rings. The SMILES string of the molecule is Cn1nc(-c2ccc3nccn3c2)cc1Cl. The third-order valence-corrected chi connectivity index (χ3v) is 2.86. The first kappa shape index (κ1) is 9.42. The molecule has 5 heteroatoms. The molecule has 0 aliphatic carbocycles. The zero-order chi connectivity index (χ0) is 11.1. The number of nitrogens with zero attached hydrogens (tertiary/aromatic N) is 4. The number of aryl methyl sites for hydroxylation is 1. The maximum absolute atomic E-state index is 5.96. The fraction of sp³-hybridized carbons (Fsp3) is 0.0909. The summed E-state index contributed by atoms with van der Waals surface area (Å²) in [6, 6.07) is 5.79. The molecule has 4 nitrogen and oxygen atoms in total. The van der Waals surface area contributed by atoms with Crippen LogP contribution in [0.5, 0.6) is 0 Å². The van der Waals surface area contributed by atoms with Gasteiger partial charge in [0.05, 0.1) is 5.69 Å². The minimum absolute atomic E-state index is 0.626. The monoisotopic (exact) mass is 232 g/mol. The van der Waals surface area contributed by atoms with E-state index in [4.69, 9.17) is 11.6 Å². The molecule has 0 unspecified atom stereocenters. The van der Waals surface area contributed by atoms with E-state index in [1.54, 1.807) is 10.9 Å². The lowest BCUT2D eigenvalue weighted by molar-refractivity contribution is 0.771. The van der Waals surface area contributed by atoms with E-state index in [9.17, 15) is 0 Å². The van der Waals surface area contributed by atoms with Crippen molar-refractivity contribution in [1.82, 2.24) is 19.2 Å². The van der Waals surface area contributed by atoms with Crippen molar-refractivity contribution in [1.29, 1.82) is 0 Å². The quantitative estimate of drug-likeness (QED) is 0.646. The van der Waals surface area contributed by atoms with Gasteiger partial charge in [0.2, 0.25) is 0 Å². The van der Waals surface area contributed by atoms with Crippen LogP contribution in [-0.2, 0) is 7.05 Å². The molecule has 16 heavy (non-hydrogen) atoms. The van der Waals surface area contributed by atoms with Crippen LogP contribution >= 0.6 is 11.6 Å². The molecule has 0 N–H and O–H groups in total. The summed E-state index contributed by atoms with van der Waals surface area (Å²) in [5.41, 5.74) is 2.81. The van der Waals surface area contributed by atoms with Gasteiger partial charge in [-0.3, -0.25) is 4.68 Å². The lowest BCUT2D eigenvalue weighted by atomic mass is 10.2. The van der Waals surface area contributed by atoms with Crippen molar-refractivity contribution in [3.8, 4) is 11.3 Å². The van der Waals surface area contributed by atoms with Crippen molar-refractivity contribution in [3.63, 3.8) is 0 Å². The van der Waals surface area contributed by atoms with E-state index in [2.05, 4.69) is 10.1 Å². The molecule has 3 aromatic rings. The van der Waals surface area contributed by atoms with E-state index in [1.165, 1.54) is 0 Å². The second-order valence-corrected chi connectivity index (χ2v) is 3.97. The Morgan fingerprint density at radius 3 is 2.94 bits per heavy atom. The second-order valence-electron chi connectivity index (χ2n) is 3.59. The summed E-state index contributed by atoms with van der Waals surface area (Å²) in [6.45, 7) is 0. The molecule has 0 bridgehead atoms. The molecule has 0 saturated carbocycles. The van der Waals surface area contributed by atoms with Gasteiger partial charge in [-0.15, -0.1) is 0 Å². The average Bonchev–Trinajstić information content (AvgIpc) is 2.85. The summed E-state index contributed by atoms with van der Waals surface area (Å²) in [7, 11) is 1.82. The van der Waals surface area contributed by atoms with Crippen LogP contribution in [0.4, 0.5) is 0 Å². The smallest absolute Gasteiger partial charge is 0.136 e. The summed E-state index contributed by atoms with van der Waals surface area (Å²) in [6.07, 6.45) is 5.66. The number of imidazole rings is 1. The van der Waals surface area contributed by atoms with Gasteiger partial charge in [0.15, 0.2) is 0 Å². The van der Waals surface area contributed by atoms with E-state index < -0.39 is 0 Å². The van der Waals surface area contributed by atoms with Crippen molar-refractivity contribution in [2.24, 2.45) is 7.05 Å². The van der Waals surface area contributed by atoms with Crippen molar-refractivity contribution in [3.05, 3.63) is 41.9 Å². The van der Waals surface area contributed by atoms with Gasteiger partial charge in [0.1, 0.15) is 10.8 Å². The van der Waals surface area contributed by atoms with E-state index in [-0.39, 0.29) is 0 Å². The van der Waals surface area contributed by atoms with Crippen molar-refractivity contribution in [2.75, 3.05) is 0 Å². The van der Waals surface area contributed by atoms with Crippen LogP contribution in [0.3, 0.4) is 0 Å². The average molecular weight is 233 g/mol. The van der Waals surface area contributed by atoms with Gasteiger partial charge in [0.25, 0.3) is 0 Å². The second kappa shape index (κ2) is 3.35. The fourth-order valence-corrected chi connectivity index (χ4v) is 1.80. The van der Waals surface area contributed by atoms with Gasteiger partial charge >= 0.3 is 0 Å². The molecule has 0 aromatic carbocycles. The number of rotatable bonds is 1. The predicted octanol–water partition coefficient (Wildman–Crippen LogP) is 2.39. The summed E-state index contributed by atoms with van der Waals surface area (Å²) < 4.78 is 3.60. The van der Waals surface area contributed by atoms with Crippen LogP contribution in [0.1, 0.15) is 0 Å². The predicted molar refractivity (Wildman–Crippen MR) is 62.4 cm³/mol. The van der Waals surface area contributed by atoms with Crippen LogP contribution < -0.4 is 0 Å². The van der Waals surface area contributed by atoms with Crippen LogP contribution in [0.2, 0.25) is 5.15 Å². The number of fused-ring (bicyclic) bond motifs is 1. The normalized spacial score (nSPS) is 11.1. The zero-order valence-corrected chi connectivity index (χ0v) is 9.39. The third-order valence-electron chi connectivity index (χ3n) is 2.51. The highest BCUT2D eigenvalue weighted by Crippen LogP contribution is 2.21. The Balaban J connectivity index is 2.17. The summed E-state index contributed by atoms with van der Waals surface area (Å²) in [4.78, 5) is 4.19. The standard InChI is InChI=1S/C11H9ClN4/c1-15-10(12)6-9(14-15)8-2-3-11-13-4-5-16(11)7-8/h2-7H,1H3. The van der Waals surface area contributed by atoms with Gasteiger partial charge in [-0.2, -0.15) is 5.10 Å². The van der Waals surface area contributed by atoms with Crippen molar-refractivity contribution < 1.29 is 0 Å². The third kappa shape index (κ3) is 1.39. The number of aromatic nitrogens is 4. The summed E-state index contributed by atoms with van der Waals surface area (Å²) in [5, 5.41) is 4.95. The van der Waals surface area contributed by atoms with E-state index in [1.807, 2.05) is 42.0 Å². The van der Waals surface area contributed by atoms with E-state index >= 15 is 0 Å². The Hall–Kier alpha value is -1.81. The highest BCUT2D eigenvalue weighted by atomic mass is 35.5. The molecule has 0 saturated heterocycles. The lowest BCUT2D eigenvalue weighted by Gasteiger charge is -1.98. The molecular weight excluding hydrogens is 224 g/mol.